The van der Waals surface area contributed by atoms with Gasteiger partial charge >= 0.3 is 6.18 Å². The Morgan fingerprint density at radius 2 is 2.23 bits per heavy atom. The van der Waals surface area contributed by atoms with Crippen molar-refractivity contribution in [2.75, 3.05) is 0 Å². The van der Waals surface area contributed by atoms with E-state index in [-0.39, 0.29) is 11.1 Å². The van der Waals surface area contributed by atoms with Crippen LogP contribution < -0.4 is 5.32 Å². The molecule has 1 N–H and O–H groups in total. The van der Waals surface area contributed by atoms with Gasteiger partial charge in [-0.15, -0.1) is 11.3 Å². The number of nitrogens with one attached hydrogen (secondary N) is 1. The van der Waals surface area contributed by atoms with Crippen molar-refractivity contribution in [2.24, 2.45) is 0 Å². The molecule has 0 radical (unpaired) electrons. The number of carbonyl (C=O) groups is 1. The topological polar surface area (TPSA) is 54.9 Å². The number of thiophene rings is 1. The first-order valence-corrected chi connectivity index (χ1v) is 7.99. The van der Waals surface area contributed by atoms with Crippen LogP contribution in [0.4, 0.5) is 13.2 Å². The summed E-state index contributed by atoms with van der Waals surface area (Å²) in [6, 6.07) is 4.56. The summed E-state index contributed by atoms with van der Waals surface area (Å²) >= 11 is 2.40. The summed E-state index contributed by atoms with van der Waals surface area (Å²) < 4.78 is 37.7. The van der Waals surface area contributed by atoms with Crippen LogP contribution in [0.15, 0.2) is 34.9 Å². The number of aromatic nitrogens is 2. The molecule has 0 aliphatic carbocycles. The summed E-state index contributed by atoms with van der Waals surface area (Å²) in [5.74, 6) is -0.278. The maximum Gasteiger partial charge on any atom is 0.433 e. The Labute approximate surface area is 133 Å². The summed E-state index contributed by atoms with van der Waals surface area (Å²) in [6.45, 7) is 1.99. The van der Waals surface area contributed by atoms with Crippen molar-refractivity contribution < 1.29 is 18.0 Å². The van der Waals surface area contributed by atoms with Crippen molar-refractivity contribution in [3.8, 4) is 0 Å². The Bertz CT molecular complexity index is 632. The third kappa shape index (κ3) is 4.70. The second-order valence-corrected chi connectivity index (χ2v) is 6.62. The van der Waals surface area contributed by atoms with Crippen molar-refractivity contribution in [1.82, 2.24) is 15.3 Å². The van der Waals surface area contributed by atoms with Gasteiger partial charge in [-0.3, -0.25) is 4.79 Å². The van der Waals surface area contributed by atoms with E-state index in [4.69, 9.17) is 0 Å². The normalized spacial score (nSPS) is 12.9. The first-order valence-electron chi connectivity index (χ1n) is 6.23. The fraction of sp³-hybridized carbons (Fsp3) is 0.308. The Morgan fingerprint density at radius 1 is 1.45 bits per heavy atom. The van der Waals surface area contributed by atoms with Crippen LogP contribution >= 0.6 is 23.1 Å². The summed E-state index contributed by atoms with van der Waals surface area (Å²) in [5, 5.41) is 3.95. The van der Waals surface area contributed by atoms with Gasteiger partial charge in [-0.05, 0) is 24.4 Å². The van der Waals surface area contributed by atoms with Gasteiger partial charge in [0.05, 0.1) is 11.8 Å². The molecule has 0 aliphatic heterocycles. The Morgan fingerprint density at radius 3 is 2.86 bits per heavy atom. The highest BCUT2D eigenvalue weighted by Crippen LogP contribution is 2.29. The predicted octanol–water partition coefficient (Wildman–Crippen LogP) is 3.35. The second kappa shape index (κ2) is 7.10. The zero-order valence-electron chi connectivity index (χ0n) is 11.4. The molecule has 1 unspecified atom stereocenters. The van der Waals surface area contributed by atoms with E-state index in [0.29, 0.717) is 6.54 Å². The molecule has 9 heteroatoms. The summed E-state index contributed by atoms with van der Waals surface area (Å²) in [5.41, 5.74) is -1.02. The minimum absolute atomic E-state index is 0.0754. The lowest BCUT2D eigenvalue weighted by atomic mass is 10.4. The molecule has 2 rings (SSSR count). The molecule has 0 saturated heterocycles. The van der Waals surface area contributed by atoms with E-state index in [1.54, 1.807) is 6.92 Å². The van der Waals surface area contributed by atoms with E-state index in [1.807, 2.05) is 17.5 Å². The molecule has 1 amide bonds. The molecule has 2 aromatic rings. The van der Waals surface area contributed by atoms with Gasteiger partial charge in [0, 0.05) is 11.1 Å². The molecule has 22 heavy (non-hydrogen) atoms. The first kappa shape index (κ1) is 16.8. The standard InChI is InChI=1S/C13H12F3N3OS2/c1-8(11(20)18-7-9-3-2-6-21-9)22-12-17-5-4-10(19-12)13(14,15)16/h2-6,8H,7H2,1H3,(H,18,20). The summed E-state index contributed by atoms with van der Waals surface area (Å²) in [6.07, 6.45) is -3.49. The zero-order valence-corrected chi connectivity index (χ0v) is 13.1. The summed E-state index contributed by atoms with van der Waals surface area (Å²) in [4.78, 5) is 20.1. The van der Waals surface area contributed by atoms with Crippen LogP contribution in [0.2, 0.25) is 0 Å². The van der Waals surface area contributed by atoms with E-state index in [1.165, 1.54) is 11.3 Å². The Kier molecular flexibility index (Phi) is 5.41. The van der Waals surface area contributed by atoms with Gasteiger partial charge < -0.3 is 5.32 Å². The number of nitrogens with zero attached hydrogens (tertiary/aromatic N) is 2. The summed E-state index contributed by atoms with van der Waals surface area (Å²) in [7, 11) is 0. The number of rotatable bonds is 5. The molecule has 0 aromatic carbocycles. The fourth-order valence-electron chi connectivity index (χ4n) is 1.50. The maximum absolute atomic E-state index is 12.6. The highest BCUT2D eigenvalue weighted by atomic mass is 32.2. The van der Waals surface area contributed by atoms with E-state index >= 15 is 0 Å². The lowest BCUT2D eigenvalue weighted by Gasteiger charge is -2.11. The molecule has 1 atom stereocenters. The minimum atomic E-state index is -4.52. The average Bonchev–Trinajstić information content (AvgIpc) is 2.97. The van der Waals surface area contributed by atoms with Crippen LogP contribution in [0.25, 0.3) is 0 Å². The zero-order chi connectivity index (χ0) is 16.2. The Hall–Kier alpha value is -1.61. The van der Waals surface area contributed by atoms with Gasteiger partial charge in [0.25, 0.3) is 0 Å². The van der Waals surface area contributed by atoms with E-state index < -0.39 is 17.1 Å². The lowest BCUT2D eigenvalue weighted by Crippen LogP contribution is -2.30. The molecule has 2 heterocycles. The van der Waals surface area contributed by atoms with Crippen molar-refractivity contribution in [2.45, 2.75) is 30.1 Å². The van der Waals surface area contributed by atoms with Crippen LogP contribution in [-0.4, -0.2) is 21.1 Å². The molecular formula is C13H12F3N3OS2. The average molecular weight is 347 g/mol. The third-order valence-electron chi connectivity index (χ3n) is 2.59. The van der Waals surface area contributed by atoms with Gasteiger partial charge in [0.15, 0.2) is 5.16 Å². The first-order chi connectivity index (χ1) is 10.4. The largest absolute Gasteiger partial charge is 0.433 e. The van der Waals surface area contributed by atoms with Crippen molar-refractivity contribution in [1.29, 1.82) is 0 Å². The number of halogens is 3. The molecule has 0 spiro atoms. The molecule has 0 saturated carbocycles. The quantitative estimate of drug-likeness (QED) is 0.666. The van der Waals surface area contributed by atoms with Gasteiger partial charge in [0.1, 0.15) is 5.69 Å². The third-order valence-corrected chi connectivity index (χ3v) is 4.44. The number of thioether (sulfide) groups is 1. The monoisotopic (exact) mass is 347 g/mol. The highest BCUT2D eigenvalue weighted by Gasteiger charge is 2.33. The van der Waals surface area contributed by atoms with Crippen molar-refractivity contribution in [3.63, 3.8) is 0 Å². The number of amides is 1. The molecule has 0 bridgehead atoms. The second-order valence-electron chi connectivity index (χ2n) is 4.28. The molecular weight excluding hydrogens is 335 g/mol. The van der Waals surface area contributed by atoms with Gasteiger partial charge in [-0.25, -0.2) is 9.97 Å². The van der Waals surface area contributed by atoms with Gasteiger partial charge in [-0.2, -0.15) is 13.2 Å². The van der Waals surface area contributed by atoms with E-state index in [9.17, 15) is 18.0 Å². The van der Waals surface area contributed by atoms with Crippen LogP contribution in [0.1, 0.15) is 17.5 Å². The van der Waals surface area contributed by atoms with E-state index in [0.717, 1.165) is 28.9 Å². The minimum Gasteiger partial charge on any atom is -0.350 e. The number of hydrogen-bond donors (Lipinski definition) is 1. The molecule has 4 nitrogen and oxygen atoms in total. The van der Waals surface area contributed by atoms with Crippen molar-refractivity contribution in [3.05, 3.63) is 40.3 Å². The number of carbonyl (C=O) groups excluding carboxylic acids is 1. The van der Waals surface area contributed by atoms with Gasteiger partial charge in [-0.1, -0.05) is 17.8 Å². The maximum atomic E-state index is 12.6. The number of hydrogen-bond acceptors (Lipinski definition) is 5. The van der Waals surface area contributed by atoms with Gasteiger partial charge in [0.2, 0.25) is 5.91 Å². The van der Waals surface area contributed by atoms with E-state index in [2.05, 4.69) is 15.3 Å². The Balaban J connectivity index is 1.93. The molecule has 0 aliphatic rings. The molecule has 0 fully saturated rings. The van der Waals surface area contributed by atoms with Crippen molar-refractivity contribution >= 4 is 29.0 Å². The fourth-order valence-corrected chi connectivity index (χ4v) is 2.92. The lowest BCUT2D eigenvalue weighted by molar-refractivity contribution is -0.141. The molecule has 118 valence electrons. The predicted molar refractivity (Wildman–Crippen MR) is 78.5 cm³/mol. The molecule has 2 aromatic heterocycles. The number of alkyl halides is 3. The van der Waals surface area contributed by atoms with Crippen LogP contribution in [-0.2, 0) is 17.5 Å². The van der Waals surface area contributed by atoms with Crippen LogP contribution in [0.5, 0.6) is 0 Å². The smallest absolute Gasteiger partial charge is 0.350 e. The highest BCUT2D eigenvalue weighted by molar-refractivity contribution is 8.00. The SMILES string of the molecule is CC(Sc1nccc(C(F)(F)F)n1)C(=O)NCc1cccs1. The van der Waals surface area contributed by atoms with Crippen LogP contribution in [0.3, 0.4) is 0 Å². The van der Waals surface area contributed by atoms with Crippen LogP contribution in [0, 0.1) is 0 Å².